The minimum Gasteiger partial charge on any atom is -0.310 e. The molecule has 1 aromatic heterocycles. The van der Waals surface area contributed by atoms with E-state index in [4.69, 9.17) is 0 Å². The van der Waals surface area contributed by atoms with Crippen LogP contribution in [0, 0.1) is 13.8 Å². The van der Waals surface area contributed by atoms with Crippen molar-refractivity contribution < 1.29 is 8.42 Å². The number of nitrogens with one attached hydrogen (secondary N) is 1. The Bertz CT molecular complexity index is 527. The molecule has 0 aliphatic rings. The lowest BCUT2D eigenvalue weighted by molar-refractivity contribution is 0.503. The van der Waals surface area contributed by atoms with E-state index in [-0.39, 0.29) is 17.5 Å². The number of aromatic nitrogens is 1. The van der Waals surface area contributed by atoms with Crippen molar-refractivity contribution in [1.82, 2.24) is 10.3 Å². The minimum atomic E-state index is -2.87. The lowest BCUT2D eigenvalue weighted by Crippen LogP contribution is -2.23. The summed E-state index contributed by atoms with van der Waals surface area (Å²) < 4.78 is 23.1. The summed E-state index contributed by atoms with van der Waals surface area (Å²) in [5.74, 6) is 0.494. The maximum atomic E-state index is 11.6. The SMILES string of the molecule is CCNC(CCCS(=O)(=O)CC)c1ccc(C)nc1C. The van der Waals surface area contributed by atoms with Crippen LogP contribution in [0.5, 0.6) is 0 Å². The summed E-state index contributed by atoms with van der Waals surface area (Å²) in [6.45, 7) is 8.61. The summed E-state index contributed by atoms with van der Waals surface area (Å²) in [6.07, 6.45) is 1.50. The lowest BCUT2D eigenvalue weighted by Gasteiger charge is -2.20. The molecule has 1 N–H and O–H groups in total. The summed E-state index contributed by atoms with van der Waals surface area (Å²) in [5, 5.41) is 3.43. The van der Waals surface area contributed by atoms with Gasteiger partial charge in [0.2, 0.25) is 0 Å². The van der Waals surface area contributed by atoms with E-state index >= 15 is 0 Å². The van der Waals surface area contributed by atoms with Crippen LogP contribution in [-0.2, 0) is 9.84 Å². The second kappa shape index (κ2) is 7.74. The second-order valence-corrected chi connectivity index (χ2v) is 7.59. The highest BCUT2D eigenvalue weighted by Gasteiger charge is 2.15. The Balaban J connectivity index is 2.74. The smallest absolute Gasteiger partial charge is 0.150 e. The van der Waals surface area contributed by atoms with Crippen molar-refractivity contribution in [3.63, 3.8) is 0 Å². The van der Waals surface area contributed by atoms with Crippen molar-refractivity contribution in [3.05, 3.63) is 29.1 Å². The maximum absolute atomic E-state index is 11.6. The van der Waals surface area contributed by atoms with Crippen molar-refractivity contribution in [2.45, 2.75) is 46.6 Å². The number of hydrogen-bond donors (Lipinski definition) is 1. The van der Waals surface area contributed by atoms with E-state index in [1.165, 1.54) is 5.56 Å². The normalized spacial score (nSPS) is 13.4. The molecule has 0 saturated heterocycles. The first-order valence-corrected chi connectivity index (χ1v) is 9.09. The van der Waals surface area contributed by atoms with Crippen molar-refractivity contribution in [2.75, 3.05) is 18.1 Å². The average molecular weight is 298 g/mol. The van der Waals surface area contributed by atoms with E-state index in [1.807, 2.05) is 19.9 Å². The molecule has 0 aliphatic heterocycles. The van der Waals surface area contributed by atoms with Gasteiger partial charge in [0.15, 0.2) is 0 Å². The molecule has 1 aromatic rings. The topological polar surface area (TPSA) is 59.1 Å². The van der Waals surface area contributed by atoms with Crippen LogP contribution in [0.25, 0.3) is 0 Å². The van der Waals surface area contributed by atoms with Gasteiger partial charge in [-0.3, -0.25) is 4.98 Å². The first-order valence-electron chi connectivity index (χ1n) is 7.27. The highest BCUT2D eigenvalue weighted by molar-refractivity contribution is 7.91. The number of rotatable bonds is 8. The summed E-state index contributed by atoms with van der Waals surface area (Å²) in [4.78, 5) is 4.49. The Hall–Kier alpha value is -0.940. The fraction of sp³-hybridized carbons (Fsp3) is 0.667. The van der Waals surface area contributed by atoms with Crippen LogP contribution in [0.15, 0.2) is 12.1 Å². The van der Waals surface area contributed by atoms with Gasteiger partial charge in [0.1, 0.15) is 9.84 Å². The Morgan fingerprint density at radius 3 is 2.50 bits per heavy atom. The van der Waals surface area contributed by atoms with Gasteiger partial charge >= 0.3 is 0 Å². The number of pyridine rings is 1. The van der Waals surface area contributed by atoms with Crippen LogP contribution >= 0.6 is 0 Å². The Kier molecular flexibility index (Phi) is 6.62. The van der Waals surface area contributed by atoms with E-state index in [0.29, 0.717) is 6.42 Å². The van der Waals surface area contributed by atoms with E-state index < -0.39 is 9.84 Å². The number of aryl methyl sites for hydroxylation is 2. The van der Waals surface area contributed by atoms with Gasteiger partial charge in [-0.2, -0.15) is 0 Å². The highest BCUT2D eigenvalue weighted by Crippen LogP contribution is 2.21. The molecule has 1 unspecified atom stereocenters. The summed E-state index contributed by atoms with van der Waals surface area (Å²) in [7, 11) is -2.87. The van der Waals surface area contributed by atoms with Crippen molar-refractivity contribution in [2.24, 2.45) is 0 Å². The van der Waals surface area contributed by atoms with E-state index in [0.717, 1.165) is 24.4 Å². The van der Waals surface area contributed by atoms with E-state index in [9.17, 15) is 8.42 Å². The van der Waals surface area contributed by atoms with Crippen LogP contribution < -0.4 is 5.32 Å². The molecule has 5 heteroatoms. The predicted molar refractivity (Wildman–Crippen MR) is 83.7 cm³/mol. The molecule has 0 aliphatic carbocycles. The van der Waals surface area contributed by atoms with Gasteiger partial charge in [-0.15, -0.1) is 0 Å². The Morgan fingerprint density at radius 1 is 1.25 bits per heavy atom. The molecular formula is C15H26N2O2S. The lowest BCUT2D eigenvalue weighted by atomic mass is 10.0. The molecule has 1 rings (SSSR count). The summed E-state index contributed by atoms with van der Waals surface area (Å²) >= 11 is 0. The Morgan fingerprint density at radius 2 is 1.95 bits per heavy atom. The third-order valence-corrected chi connectivity index (χ3v) is 5.27. The maximum Gasteiger partial charge on any atom is 0.150 e. The highest BCUT2D eigenvalue weighted by atomic mass is 32.2. The molecule has 0 aromatic carbocycles. The zero-order chi connectivity index (χ0) is 15.2. The molecule has 0 spiro atoms. The van der Waals surface area contributed by atoms with Gasteiger partial charge in [0.05, 0.1) is 5.75 Å². The molecule has 114 valence electrons. The van der Waals surface area contributed by atoms with Crippen LogP contribution in [0.2, 0.25) is 0 Å². The van der Waals surface area contributed by atoms with Crippen LogP contribution in [0.1, 0.15) is 49.7 Å². The van der Waals surface area contributed by atoms with Gasteiger partial charge in [0, 0.05) is 23.2 Å². The summed E-state index contributed by atoms with van der Waals surface area (Å²) in [6, 6.07) is 4.29. The van der Waals surface area contributed by atoms with Crippen LogP contribution in [-0.4, -0.2) is 31.5 Å². The molecule has 0 fully saturated rings. The monoisotopic (exact) mass is 298 g/mol. The molecule has 1 heterocycles. The van der Waals surface area contributed by atoms with Gasteiger partial charge in [-0.1, -0.05) is 19.9 Å². The summed E-state index contributed by atoms with van der Waals surface area (Å²) in [5.41, 5.74) is 3.20. The van der Waals surface area contributed by atoms with Gasteiger partial charge < -0.3 is 5.32 Å². The predicted octanol–water partition coefficient (Wildman–Crippen LogP) is 2.56. The zero-order valence-corrected chi connectivity index (χ0v) is 13.8. The molecule has 4 nitrogen and oxygen atoms in total. The largest absolute Gasteiger partial charge is 0.310 e. The van der Waals surface area contributed by atoms with Crippen LogP contribution in [0.3, 0.4) is 0 Å². The van der Waals surface area contributed by atoms with Gasteiger partial charge in [0.25, 0.3) is 0 Å². The van der Waals surface area contributed by atoms with E-state index in [2.05, 4.69) is 23.3 Å². The molecule has 1 atom stereocenters. The van der Waals surface area contributed by atoms with Crippen molar-refractivity contribution in [3.8, 4) is 0 Å². The number of sulfone groups is 1. The fourth-order valence-electron chi connectivity index (χ4n) is 2.33. The quantitative estimate of drug-likeness (QED) is 0.801. The van der Waals surface area contributed by atoms with Crippen molar-refractivity contribution in [1.29, 1.82) is 0 Å². The number of nitrogens with zero attached hydrogens (tertiary/aromatic N) is 1. The molecule has 0 amide bonds. The number of hydrogen-bond acceptors (Lipinski definition) is 4. The third kappa shape index (κ3) is 5.21. The first kappa shape index (κ1) is 17.1. The standard InChI is InChI=1S/C15H26N2O2S/c1-5-16-15(8-7-11-20(18,19)6-2)14-10-9-12(3)17-13(14)4/h9-10,15-16H,5-8,11H2,1-4H3. The minimum absolute atomic E-state index is 0.181. The van der Waals surface area contributed by atoms with E-state index in [1.54, 1.807) is 6.92 Å². The molecule has 20 heavy (non-hydrogen) atoms. The third-order valence-electron chi connectivity index (χ3n) is 3.48. The fourth-order valence-corrected chi connectivity index (χ4v) is 3.23. The first-order chi connectivity index (χ1) is 9.39. The van der Waals surface area contributed by atoms with Gasteiger partial charge in [-0.25, -0.2) is 8.42 Å². The van der Waals surface area contributed by atoms with Crippen molar-refractivity contribution >= 4 is 9.84 Å². The second-order valence-electron chi connectivity index (χ2n) is 5.12. The molecule has 0 bridgehead atoms. The average Bonchev–Trinajstić information content (AvgIpc) is 2.38. The molecule has 0 radical (unpaired) electrons. The van der Waals surface area contributed by atoms with Gasteiger partial charge in [-0.05, 0) is 44.9 Å². The van der Waals surface area contributed by atoms with Crippen LogP contribution in [0.4, 0.5) is 0 Å². The molecular weight excluding hydrogens is 272 g/mol. The zero-order valence-electron chi connectivity index (χ0n) is 12.9. The molecule has 0 saturated carbocycles. The Labute approximate surface area is 122 Å².